The van der Waals surface area contributed by atoms with E-state index in [2.05, 4.69) is 21.4 Å². The lowest BCUT2D eigenvalue weighted by molar-refractivity contribution is -0.0498. The van der Waals surface area contributed by atoms with Crippen molar-refractivity contribution in [1.82, 2.24) is 14.8 Å². The minimum atomic E-state index is -2.94. The van der Waals surface area contributed by atoms with E-state index in [9.17, 15) is 13.9 Å². The average molecular weight is 356 g/mol. The molecule has 1 aromatic heterocycles. The highest BCUT2D eigenvalue weighted by Gasteiger charge is 2.42. The molecule has 1 aliphatic rings. The Morgan fingerprint density at radius 1 is 1.50 bits per heavy atom. The summed E-state index contributed by atoms with van der Waals surface area (Å²) in [7, 11) is 0. The number of alkyl halides is 2. The maximum Gasteiger partial charge on any atom is 0.387 e. The Balaban J connectivity index is 1.97. The van der Waals surface area contributed by atoms with Crippen LogP contribution in [0.15, 0.2) is 43.0 Å². The lowest BCUT2D eigenvalue weighted by Gasteiger charge is -2.32. The van der Waals surface area contributed by atoms with Gasteiger partial charge in [-0.2, -0.15) is 13.9 Å². The zero-order chi connectivity index (χ0) is 17.3. The molecule has 2 aromatic rings. The lowest BCUT2D eigenvalue weighted by Crippen LogP contribution is -2.35. The van der Waals surface area contributed by atoms with Gasteiger partial charge in [0.1, 0.15) is 24.0 Å². The van der Waals surface area contributed by atoms with Crippen LogP contribution in [0.5, 0.6) is 5.75 Å². The van der Waals surface area contributed by atoms with Crippen molar-refractivity contribution in [1.29, 1.82) is 0 Å². The molecule has 1 atom stereocenters. The summed E-state index contributed by atoms with van der Waals surface area (Å²) in [4.78, 5) is 3.86. The molecule has 1 aromatic carbocycles. The van der Waals surface area contributed by atoms with Crippen molar-refractivity contribution in [3.63, 3.8) is 0 Å². The normalized spacial score (nSPS) is 16.9. The van der Waals surface area contributed by atoms with Crippen molar-refractivity contribution in [3.05, 3.63) is 53.6 Å². The molecule has 1 aliphatic carbocycles. The summed E-state index contributed by atoms with van der Waals surface area (Å²) in [6.07, 6.45) is 4.74. The number of nitrogens with zero attached hydrogens (tertiary/aromatic N) is 3. The van der Waals surface area contributed by atoms with Crippen LogP contribution >= 0.6 is 11.6 Å². The molecule has 1 saturated carbocycles. The SMILES string of the molecule is C=C(C1CC1)C(O)(Cn1cncn1)c1ccc(OC(F)F)cc1Cl. The van der Waals surface area contributed by atoms with E-state index in [1.807, 2.05) is 0 Å². The van der Waals surface area contributed by atoms with Crippen LogP contribution in [0.1, 0.15) is 18.4 Å². The summed E-state index contributed by atoms with van der Waals surface area (Å²) in [6, 6.07) is 4.08. The highest BCUT2D eigenvalue weighted by Crippen LogP contribution is 2.47. The van der Waals surface area contributed by atoms with Crippen molar-refractivity contribution < 1.29 is 18.6 Å². The van der Waals surface area contributed by atoms with E-state index in [-0.39, 0.29) is 23.2 Å². The molecule has 3 rings (SSSR count). The van der Waals surface area contributed by atoms with Gasteiger partial charge in [-0.15, -0.1) is 0 Å². The minimum absolute atomic E-state index is 0.0705. The van der Waals surface area contributed by atoms with Crippen LogP contribution in [0.4, 0.5) is 8.78 Å². The molecule has 0 radical (unpaired) electrons. The van der Waals surface area contributed by atoms with Gasteiger partial charge in [0.25, 0.3) is 0 Å². The Kier molecular flexibility index (Phi) is 4.56. The molecule has 128 valence electrons. The number of hydrogen-bond acceptors (Lipinski definition) is 4. The molecule has 1 fully saturated rings. The molecule has 1 N–H and O–H groups in total. The van der Waals surface area contributed by atoms with E-state index in [1.165, 1.54) is 35.5 Å². The van der Waals surface area contributed by atoms with Gasteiger partial charge in [0.2, 0.25) is 0 Å². The molecule has 0 spiro atoms. The van der Waals surface area contributed by atoms with E-state index < -0.39 is 12.2 Å². The first-order valence-electron chi connectivity index (χ1n) is 7.39. The first kappa shape index (κ1) is 16.9. The van der Waals surface area contributed by atoms with Gasteiger partial charge in [0.15, 0.2) is 0 Å². The summed E-state index contributed by atoms with van der Waals surface area (Å²) in [5.41, 5.74) is -0.476. The molecule has 0 aliphatic heterocycles. The Morgan fingerprint density at radius 3 is 2.79 bits per heavy atom. The number of rotatable bonds is 7. The second-order valence-corrected chi connectivity index (χ2v) is 6.18. The Morgan fingerprint density at radius 2 is 2.25 bits per heavy atom. The van der Waals surface area contributed by atoms with Crippen molar-refractivity contribution in [2.45, 2.75) is 31.6 Å². The van der Waals surface area contributed by atoms with E-state index in [0.717, 1.165) is 12.8 Å². The van der Waals surface area contributed by atoms with Crippen molar-refractivity contribution >= 4 is 11.6 Å². The predicted molar refractivity (Wildman–Crippen MR) is 83.9 cm³/mol. The molecule has 0 saturated heterocycles. The van der Waals surface area contributed by atoms with Gasteiger partial charge < -0.3 is 9.84 Å². The number of benzene rings is 1. The van der Waals surface area contributed by atoms with E-state index in [0.29, 0.717) is 11.1 Å². The van der Waals surface area contributed by atoms with Crippen LogP contribution in [0, 0.1) is 5.92 Å². The number of ether oxygens (including phenoxy) is 1. The fraction of sp³-hybridized carbons (Fsp3) is 0.375. The first-order chi connectivity index (χ1) is 11.4. The largest absolute Gasteiger partial charge is 0.435 e. The monoisotopic (exact) mass is 355 g/mol. The molecular formula is C16H16ClF2N3O2. The summed E-state index contributed by atoms with van der Waals surface area (Å²) in [5, 5.41) is 15.5. The van der Waals surface area contributed by atoms with E-state index >= 15 is 0 Å². The second kappa shape index (κ2) is 6.49. The maximum absolute atomic E-state index is 12.3. The summed E-state index contributed by atoms with van der Waals surface area (Å²) in [6.45, 7) is 1.17. The average Bonchev–Trinajstić information content (AvgIpc) is 3.24. The van der Waals surface area contributed by atoms with E-state index in [1.54, 1.807) is 0 Å². The zero-order valence-corrected chi connectivity index (χ0v) is 13.5. The third kappa shape index (κ3) is 3.42. The first-order valence-corrected chi connectivity index (χ1v) is 7.77. The quantitative estimate of drug-likeness (QED) is 0.773. The molecule has 0 amide bonds. The topological polar surface area (TPSA) is 60.2 Å². The number of aromatic nitrogens is 3. The molecule has 8 heteroatoms. The second-order valence-electron chi connectivity index (χ2n) is 5.77. The molecular weight excluding hydrogens is 340 g/mol. The standard InChI is InChI=1S/C16H16ClF2N3O2/c1-10(11-2-3-11)16(23,7-22-9-20-8-21-22)13-5-4-12(6-14(13)17)24-15(18)19/h4-6,8-9,11,15,23H,1-3,7H2. The molecule has 24 heavy (non-hydrogen) atoms. The molecule has 1 unspecified atom stereocenters. The Bertz CT molecular complexity index is 735. The third-order valence-corrected chi connectivity index (χ3v) is 4.38. The van der Waals surface area contributed by atoms with Crippen LogP contribution in [-0.4, -0.2) is 26.5 Å². The fourth-order valence-electron chi connectivity index (χ4n) is 2.69. The van der Waals surface area contributed by atoms with Crippen LogP contribution < -0.4 is 4.74 Å². The van der Waals surface area contributed by atoms with Crippen LogP contribution in [-0.2, 0) is 12.1 Å². The van der Waals surface area contributed by atoms with Gasteiger partial charge in [-0.1, -0.05) is 24.2 Å². The summed E-state index contributed by atoms with van der Waals surface area (Å²) >= 11 is 6.24. The van der Waals surface area contributed by atoms with Gasteiger partial charge in [-0.25, -0.2) is 9.67 Å². The molecule has 0 bridgehead atoms. The summed E-state index contributed by atoms with van der Waals surface area (Å²) < 4.78 is 30.5. The van der Waals surface area contributed by atoms with E-state index in [4.69, 9.17) is 11.6 Å². The number of halogens is 3. The summed E-state index contributed by atoms with van der Waals surface area (Å²) in [5.74, 6) is 0.130. The van der Waals surface area contributed by atoms with Crippen molar-refractivity contribution in [2.24, 2.45) is 5.92 Å². The van der Waals surface area contributed by atoms with Crippen molar-refractivity contribution in [3.8, 4) is 5.75 Å². The highest BCUT2D eigenvalue weighted by atomic mass is 35.5. The Hall–Kier alpha value is -1.99. The zero-order valence-electron chi connectivity index (χ0n) is 12.7. The Labute approximate surface area is 142 Å². The molecule has 5 nitrogen and oxygen atoms in total. The highest BCUT2D eigenvalue weighted by molar-refractivity contribution is 6.31. The van der Waals surface area contributed by atoms with Gasteiger partial charge in [-0.3, -0.25) is 0 Å². The predicted octanol–water partition coefficient (Wildman–Crippen LogP) is 3.39. The van der Waals surface area contributed by atoms with Crippen molar-refractivity contribution in [2.75, 3.05) is 0 Å². The van der Waals surface area contributed by atoms with Crippen LogP contribution in [0.3, 0.4) is 0 Å². The maximum atomic E-state index is 12.3. The fourth-order valence-corrected chi connectivity index (χ4v) is 3.01. The van der Waals surface area contributed by atoms with Gasteiger partial charge in [-0.05, 0) is 36.5 Å². The van der Waals surface area contributed by atoms with Gasteiger partial charge in [0.05, 0.1) is 11.6 Å². The number of aliphatic hydroxyl groups is 1. The molecule has 1 heterocycles. The van der Waals surface area contributed by atoms with Crippen LogP contribution in [0.2, 0.25) is 5.02 Å². The van der Waals surface area contributed by atoms with Gasteiger partial charge in [0, 0.05) is 5.56 Å². The van der Waals surface area contributed by atoms with Crippen LogP contribution in [0.25, 0.3) is 0 Å². The lowest BCUT2D eigenvalue weighted by atomic mass is 9.84. The third-order valence-electron chi connectivity index (χ3n) is 4.07. The van der Waals surface area contributed by atoms with Gasteiger partial charge >= 0.3 is 6.61 Å². The smallest absolute Gasteiger partial charge is 0.387 e. The minimum Gasteiger partial charge on any atom is -0.435 e. The number of hydrogen-bond donors (Lipinski definition) is 1.